The fourth-order valence-electron chi connectivity index (χ4n) is 0.692. The van der Waals surface area contributed by atoms with Crippen LogP contribution < -0.4 is 10.6 Å². The third-order valence-electron chi connectivity index (χ3n) is 1.21. The van der Waals surface area contributed by atoms with Crippen LogP contribution >= 0.6 is 0 Å². The van der Waals surface area contributed by atoms with Crippen molar-refractivity contribution in [2.45, 2.75) is 13.0 Å². The molecule has 4 N–H and O–H groups in total. The number of rotatable bonds is 7. The molecule has 4 nitrogen and oxygen atoms in total. The number of hydrogen-bond donors (Lipinski definition) is 4. The molecular formula is C7H18N2O2. The molecule has 0 aliphatic carbocycles. The molecule has 0 amide bonds. The molecular weight excluding hydrogens is 144 g/mol. The quantitative estimate of drug-likeness (QED) is 0.345. The molecule has 0 spiro atoms. The van der Waals surface area contributed by atoms with E-state index >= 15 is 0 Å². The van der Waals surface area contributed by atoms with Crippen molar-refractivity contribution < 1.29 is 10.2 Å². The fraction of sp³-hybridized carbons (Fsp3) is 1.00. The Balaban J connectivity index is 2.80. The predicted molar refractivity (Wildman–Crippen MR) is 44.5 cm³/mol. The van der Waals surface area contributed by atoms with Crippen molar-refractivity contribution in [3.63, 3.8) is 0 Å². The summed E-state index contributed by atoms with van der Waals surface area (Å²) in [5.41, 5.74) is 0. The van der Waals surface area contributed by atoms with Crippen molar-refractivity contribution in [1.82, 2.24) is 10.6 Å². The first kappa shape index (κ1) is 10.8. The maximum Gasteiger partial charge on any atom is 0.0636 e. The molecule has 0 rings (SSSR count). The van der Waals surface area contributed by atoms with Gasteiger partial charge in [-0.05, 0) is 6.92 Å². The van der Waals surface area contributed by atoms with Gasteiger partial charge in [-0.15, -0.1) is 0 Å². The van der Waals surface area contributed by atoms with Gasteiger partial charge in [0.15, 0.2) is 0 Å². The van der Waals surface area contributed by atoms with Crippen LogP contribution in [-0.4, -0.2) is 49.1 Å². The summed E-state index contributed by atoms with van der Waals surface area (Å²) in [5.74, 6) is 0. The number of hydrogen-bond acceptors (Lipinski definition) is 4. The molecule has 0 aromatic heterocycles. The average Bonchev–Trinajstić information content (AvgIpc) is 1.96. The van der Waals surface area contributed by atoms with Gasteiger partial charge in [-0.25, -0.2) is 0 Å². The fourth-order valence-corrected chi connectivity index (χ4v) is 0.692. The van der Waals surface area contributed by atoms with Gasteiger partial charge in [0, 0.05) is 26.2 Å². The zero-order chi connectivity index (χ0) is 8.53. The summed E-state index contributed by atoms with van der Waals surface area (Å²) >= 11 is 0. The molecule has 0 saturated heterocycles. The van der Waals surface area contributed by atoms with E-state index in [-0.39, 0.29) is 12.7 Å². The number of aliphatic hydroxyl groups is 2. The Bertz CT molecular complexity index is 78.8. The minimum Gasteiger partial charge on any atom is -0.395 e. The van der Waals surface area contributed by atoms with Gasteiger partial charge in [0.2, 0.25) is 0 Å². The summed E-state index contributed by atoms with van der Waals surface area (Å²) in [4.78, 5) is 0. The van der Waals surface area contributed by atoms with Gasteiger partial charge in [0.25, 0.3) is 0 Å². The van der Waals surface area contributed by atoms with E-state index in [0.29, 0.717) is 13.1 Å². The molecule has 0 radical (unpaired) electrons. The van der Waals surface area contributed by atoms with Gasteiger partial charge in [0.1, 0.15) is 0 Å². The van der Waals surface area contributed by atoms with Gasteiger partial charge in [0.05, 0.1) is 12.7 Å². The Labute approximate surface area is 67.6 Å². The highest BCUT2D eigenvalue weighted by Crippen LogP contribution is 1.72. The summed E-state index contributed by atoms with van der Waals surface area (Å²) in [6.07, 6.45) is -0.284. The molecule has 0 aliphatic rings. The Morgan fingerprint density at radius 2 is 1.82 bits per heavy atom. The van der Waals surface area contributed by atoms with E-state index in [2.05, 4.69) is 10.6 Å². The molecule has 0 aromatic carbocycles. The Kier molecular flexibility index (Phi) is 7.83. The number of nitrogens with one attached hydrogen (secondary N) is 2. The minimum atomic E-state index is -0.284. The van der Waals surface area contributed by atoms with E-state index < -0.39 is 0 Å². The van der Waals surface area contributed by atoms with E-state index in [4.69, 9.17) is 10.2 Å². The van der Waals surface area contributed by atoms with Crippen LogP contribution in [0, 0.1) is 0 Å². The second-order valence-electron chi connectivity index (χ2n) is 2.53. The lowest BCUT2D eigenvalue weighted by Gasteiger charge is -2.06. The lowest BCUT2D eigenvalue weighted by Crippen LogP contribution is -2.32. The van der Waals surface area contributed by atoms with Crippen LogP contribution in [0.1, 0.15) is 6.92 Å². The Hall–Kier alpha value is -0.160. The Morgan fingerprint density at radius 1 is 1.18 bits per heavy atom. The summed E-state index contributed by atoms with van der Waals surface area (Å²) < 4.78 is 0. The van der Waals surface area contributed by atoms with Crippen molar-refractivity contribution in [3.8, 4) is 0 Å². The standard InChI is InChI=1S/C7H18N2O2/c1-7(11)6-9-3-2-8-4-5-10/h7-11H,2-6H2,1H3. The van der Waals surface area contributed by atoms with Crippen LogP contribution in [0.4, 0.5) is 0 Å². The topological polar surface area (TPSA) is 64.5 Å². The molecule has 0 heterocycles. The van der Waals surface area contributed by atoms with E-state index in [1.807, 2.05) is 0 Å². The van der Waals surface area contributed by atoms with E-state index in [0.717, 1.165) is 13.1 Å². The Morgan fingerprint density at radius 3 is 2.36 bits per heavy atom. The van der Waals surface area contributed by atoms with E-state index in [1.165, 1.54) is 0 Å². The molecule has 1 unspecified atom stereocenters. The van der Waals surface area contributed by atoms with Crippen molar-refractivity contribution in [1.29, 1.82) is 0 Å². The largest absolute Gasteiger partial charge is 0.395 e. The second-order valence-corrected chi connectivity index (χ2v) is 2.53. The van der Waals surface area contributed by atoms with Crippen molar-refractivity contribution in [3.05, 3.63) is 0 Å². The van der Waals surface area contributed by atoms with Crippen molar-refractivity contribution >= 4 is 0 Å². The van der Waals surface area contributed by atoms with Crippen LogP contribution in [0.2, 0.25) is 0 Å². The number of aliphatic hydroxyl groups excluding tert-OH is 2. The van der Waals surface area contributed by atoms with Gasteiger partial charge >= 0.3 is 0 Å². The maximum atomic E-state index is 8.83. The first-order chi connectivity index (χ1) is 5.27. The van der Waals surface area contributed by atoms with Crippen LogP contribution in [0.15, 0.2) is 0 Å². The zero-order valence-corrected chi connectivity index (χ0v) is 7.01. The first-order valence-corrected chi connectivity index (χ1v) is 3.97. The molecule has 0 aromatic rings. The SMILES string of the molecule is CC(O)CNCCNCCO. The van der Waals surface area contributed by atoms with Gasteiger partial charge < -0.3 is 20.8 Å². The van der Waals surface area contributed by atoms with Crippen molar-refractivity contribution in [2.75, 3.05) is 32.8 Å². The van der Waals surface area contributed by atoms with Crippen LogP contribution in [-0.2, 0) is 0 Å². The highest BCUT2D eigenvalue weighted by molar-refractivity contribution is 4.54. The lowest BCUT2D eigenvalue weighted by molar-refractivity contribution is 0.191. The zero-order valence-electron chi connectivity index (χ0n) is 7.01. The van der Waals surface area contributed by atoms with Gasteiger partial charge in [-0.1, -0.05) is 0 Å². The minimum absolute atomic E-state index is 0.177. The van der Waals surface area contributed by atoms with Crippen molar-refractivity contribution in [2.24, 2.45) is 0 Å². The normalized spacial score (nSPS) is 13.4. The smallest absolute Gasteiger partial charge is 0.0636 e. The lowest BCUT2D eigenvalue weighted by atomic mass is 10.4. The van der Waals surface area contributed by atoms with Crippen LogP contribution in [0.3, 0.4) is 0 Å². The molecule has 0 fully saturated rings. The van der Waals surface area contributed by atoms with Gasteiger partial charge in [-0.3, -0.25) is 0 Å². The molecule has 11 heavy (non-hydrogen) atoms. The summed E-state index contributed by atoms with van der Waals surface area (Å²) in [5, 5.41) is 23.3. The average molecular weight is 162 g/mol. The highest BCUT2D eigenvalue weighted by atomic mass is 16.3. The second kappa shape index (κ2) is 7.94. The predicted octanol–water partition coefficient (Wildman–Crippen LogP) is -1.46. The van der Waals surface area contributed by atoms with Crippen LogP contribution in [0.5, 0.6) is 0 Å². The monoisotopic (exact) mass is 162 g/mol. The molecule has 0 saturated carbocycles. The maximum absolute atomic E-state index is 8.83. The van der Waals surface area contributed by atoms with E-state index in [1.54, 1.807) is 6.92 Å². The summed E-state index contributed by atoms with van der Waals surface area (Å²) in [6, 6.07) is 0. The first-order valence-electron chi connectivity index (χ1n) is 3.97. The highest BCUT2D eigenvalue weighted by Gasteiger charge is 1.92. The molecule has 0 bridgehead atoms. The van der Waals surface area contributed by atoms with E-state index in [9.17, 15) is 0 Å². The molecule has 68 valence electrons. The molecule has 4 heteroatoms. The van der Waals surface area contributed by atoms with Crippen LogP contribution in [0.25, 0.3) is 0 Å². The van der Waals surface area contributed by atoms with Gasteiger partial charge in [-0.2, -0.15) is 0 Å². The molecule has 0 aliphatic heterocycles. The third-order valence-corrected chi connectivity index (χ3v) is 1.21. The third kappa shape index (κ3) is 9.84. The summed E-state index contributed by atoms with van der Waals surface area (Å²) in [7, 11) is 0. The summed E-state index contributed by atoms with van der Waals surface area (Å²) in [6.45, 7) is 4.83. The molecule has 1 atom stereocenters.